The number of benzene rings is 1. The summed E-state index contributed by atoms with van der Waals surface area (Å²) >= 11 is 6.25. The van der Waals surface area contributed by atoms with Gasteiger partial charge < -0.3 is 4.74 Å². The highest BCUT2D eigenvalue weighted by atomic mass is 35.5. The Hall–Kier alpha value is -2.33. The number of imidazole rings is 1. The molecule has 3 aromatic rings. The molecule has 2 heterocycles. The lowest BCUT2D eigenvalue weighted by Gasteiger charge is -2.06. The molecule has 0 atom stereocenters. The second-order valence-corrected chi connectivity index (χ2v) is 5.03. The first-order chi connectivity index (χ1) is 10.1. The minimum Gasteiger partial charge on any atom is -0.465 e. The second-order valence-electron chi connectivity index (χ2n) is 4.67. The van der Waals surface area contributed by atoms with Crippen molar-refractivity contribution in [3.05, 3.63) is 58.9 Å². The Balaban J connectivity index is 2.33. The van der Waals surface area contributed by atoms with Gasteiger partial charge in [0, 0.05) is 11.8 Å². The van der Waals surface area contributed by atoms with Crippen LogP contribution in [0.5, 0.6) is 0 Å². The van der Waals surface area contributed by atoms with E-state index in [2.05, 4.69) is 4.98 Å². The summed E-state index contributed by atoms with van der Waals surface area (Å²) in [7, 11) is 1.35. The predicted molar refractivity (Wildman–Crippen MR) is 81.7 cm³/mol. The normalized spacial score (nSPS) is 10.8. The summed E-state index contributed by atoms with van der Waals surface area (Å²) < 4.78 is 6.62. The van der Waals surface area contributed by atoms with E-state index in [9.17, 15) is 4.79 Å². The Kier molecular flexibility index (Phi) is 3.39. The molecule has 106 valence electrons. The van der Waals surface area contributed by atoms with E-state index in [4.69, 9.17) is 16.3 Å². The average Bonchev–Trinajstić information content (AvgIpc) is 2.84. The van der Waals surface area contributed by atoms with Crippen LogP contribution in [0.15, 0.2) is 42.6 Å². The molecule has 4 nitrogen and oxygen atoms in total. The number of hydrogen-bond acceptors (Lipinski definition) is 3. The molecule has 5 heteroatoms. The molecule has 3 rings (SSSR count). The van der Waals surface area contributed by atoms with Crippen LogP contribution in [-0.4, -0.2) is 22.5 Å². The molecule has 0 saturated heterocycles. The van der Waals surface area contributed by atoms with E-state index in [-0.39, 0.29) is 5.15 Å². The van der Waals surface area contributed by atoms with Gasteiger partial charge in [-0.15, -0.1) is 0 Å². The third-order valence-corrected chi connectivity index (χ3v) is 3.68. The van der Waals surface area contributed by atoms with E-state index in [1.807, 2.05) is 41.8 Å². The molecule has 0 aliphatic rings. The highest BCUT2D eigenvalue weighted by Gasteiger charge is 2.19. The SMILES string of the molecule is COC(=O)c1cccn2c(-c3ccccc3C)nc(Cl)c12. The lowest BCUT2D eigenvalue weighted by Crippen LogP contribution is -2.04. The van der Waals surface area contributed by atoms with Crippen molar-refractivity contribution in [3.63, 3.8) is 0 Å². The zero-order valence-electron chi connectivity index (χ0n) is 11.6. The highest BCUT2D eigenvalue weighted by Crippen LogP contribution is 2.29. The van der Waals surface area contributed by atoms with Crippen molar-refractivity contribution >= 4 is 23.1 Å². The monoisotopic (exact) mass is 300 g/mol. The van der Waals surface area contributed by atoms with Crippen LogP contribution < -0.4 is 0 Å². The van der Waals surface area contributed by atoms with Crippen LogP contribution in [0.1, 0.15) is 15.9 Å². The Labute approximate surface area is 126 Å². The first-order valence-corrected chi connectivity index (χ1v) is 6.82. The summed E-state index contributed by atoms with van der Waals surface area (Å²) in [6, 6.07) is 11.4. The molecule has 21 heavy (non-hydrogen) atoms. The molecule has 0 bridgehead atoms. The first kappa shape index (κ1) is 13.6. The van der Waals surface area contributed by atoms with E-state index in [1.165, 1.54) is 7.11 Å². The number of ether oxygens (including phenoxy) is 1. The van der Waals surface area contributed by atoms with Crippen LogP contribution in [0.25, 0.3) is 16.9 Å². The molecule has 0 unspecified atom stereocenters. The fraction of sp³-hybridized carbons (Fsp3) is 0.125. The molecule has 0 N–H and O–H groups in total. The van der Waals surface area contributed by atoms with Gasteiger partial charge in [-0.1, -0.05) is 35.9 Å². The molecule has 0 amide bonds. The molecular weight excluding hydrogens is 288 g/mol. The third-order valence-electron chi connectivity index (χ3n) is 3.41. The van der Waals surface area contributed by atoms with Crippen LogP contribution in [0.4, 0.5) is 0 Å². The summed E-state index contributed by atoms with van der Waals surface area (Å²) in [4.78, 5) is 16.3. The Morgan fingerprint density at radius 2 is 2.00 bits per heavy atom. The fourth-order valence-corrected chi connectivity index (χ4v) is 2.66. The number of halogens is 1. The first-order valence-electron chi connectivity index (χ1n) is 6.44. The number of nitrogens with zero attached hydrogens (tertiary/aromatic N) is 2. The number of carbonyl (C=O) groups excluding carboxylic acids is 1. The Morgan fingerprint density at radius 3 is 2.71 bits per heavy atom. The minimum absolute atomic E-state index is 0.286. The van der Waals surface area contributed by atoms with Gasteiger partial charge in [-0.3, -0.25) is 4.40 Å². The van der Waals surface area contributed by atoms with E-state index >= 15 is 0 Å². The van der Waals surface area contributed by atoms with Gasteiger partial charge in [0.1, 0.15) is 5.82 Å². The zero-order valence-corrected chi connectivity index (χ0v) is 12.4. The summed E-state index contributed by atoms with van der Waals surface area (Å²) in [6.07, 6.45) is 1.84. The molecule has 0 radical (unpaired) electrons. The third kappa shape index (κ3) is 2.17. The zero-order chi connectivity index (χ0) is 15.0. The topological polar surface area (TPSA) is 43.6 Å². The number of pyridine rings is 1. The number of carbonyl (C=O) groups is 1. The summed E-state index contributed by atoms with van der Waals surface area (Å²) in [5.41, 5.74) is 3.02. The largest absolute Gasteiger partial charge is 0.465 e. The minimum atomic E-state index is -0.432. The smallest absolute Gasteiger partial charge is 0.340 e. The molecular formula is C16H13ClN2O2. The second kappa shape index (κ2) is 5.22. The Bertz CT molecular complexity index is 839. The van der Waals surface area contributed by atoms with Crippen molar-refractivity contribution in [2.24, 2.45) is 0 Å². The number of aryl methyl sites for hydroxylation is 1. The number of hydrogen-bond donors (Lipinski definition) is 0. The van der Waals surface area contributed by atoms with E-state index in [0.717, 1.165) is 11.1 Å². The summed E-state index contributed by atoms with van der Waals surface area (Å²) in [5, 5.41) is 0.286. The number of rotatable bonds is 2. The van der Waals surface area contributed by atoms with Crippen molar-refractivity contribution < 1.29 is 9.53 Å². The van der Waals surface area contributed by atoms with Gasteiger partial charge in [0.15, 0.2) is 5.15 Å². The van der Waals surface area contributed by atoms with Gasteiger partial charge in [0.2, 0.25) is 0 Å². The van der Waals surface area contributed by atoms with Crippen LogP contribution >= 0.6 is 11.6 Å². The van der Waals surface area contributed by atoms with Gasteiger partial charge in [-0.25, -0.2) is 9.78 Å². The lowest BCUT2D eigenvalue weighted by molar-refractivity contribution is 0.0602. The van der Waals surface area contributed by atoms with Gasteiger partial charge in [-0.2, -0.15) is 0 Å². The molecule has 1 aromatic carbocycles. The standard InChI is InChI=1S/C16H13ClN2O2/c1-10-6-3-4-7-11(10)15-18-14(17)13-12(16(20)21-2)8-5-9-19(13)15/h3-9H,1-2H3. The van der Waals surface area contributed by atoms with Crippen molar-refractivity contribution in [1.82, 2.24) is 9.38 Å². The molecule has 0 aliphatic heterocycles. The summed E-state index contributed by atoms with van der Waals surface area (Å²) in [5.74, 6) is 0.276. The van der Waals surface area contributed by atoms with E-state index in [0.29, 0.717) is 16.9 Å². The van der Waals surface area contributed by atoms with Crippen molar-refractivity contribution in [2.45, 2.75) is 6.92 Å². The van der Waals surface area contributed by atoms with Crippen molar-refractivity contribution in [2.75, 3.05) is 7.11 Å². The lowest BCUT2D eigenvalue weighted by atomic mass is 10.1. The van der Waals surface area contributed by atoms with Crippen molar-refractivity contribution in [1.29, 1.82) is 0 Å². The molecule has 0 spiro atoms. The van der Waals surface area contributed by atoms with Crippen LogP contribution in [0, 0.1) is 6.92 Å². The molecule has 0 aliphatic carbocycles. The maximum Gasteiger partial charge on any atom is 0.340 e. The molecule has 2 aromatic heterocycles. The number of esters is 1. The van der Waals surface area contributed by atoms with Gasteiger partial charge >= 0.3 is 5.97 Å². The number of aromatic nitrogens is 2. The maximum atomic E-state index is 11.9. The fourth-order valence-electron chi connectivity index (χ4n) is 2.38. The van der Waals surface area contributed by atoms with Gasteiger partial charge in [0.25, 0.3) is 0 Å². The van der Waals surface area contributed by atoms with Crippen LogP contribution in [0.2, 0.25) is 5.15 Å². The predicted octanol–water partition coefficient (Wildman–Crippen LogP) is 3.75. The van der Waals surface area contributed by atoms with Crippen LogP contribution in [0.3, 0.4) is 0 Å². The number of fused-ring (bicyclic) bond motifs is 1. The average molecular weight is 301 g/mol. The summed E-state index contributed by atoms with van der Waals surface area (Å²) in [6.45, 7) is 2.01. The quantitative estimate of drug-likeness (QED) is 0.677. The Morgan fingerprint density at radius 1 is 1.24 bits per heavy atom. The molecule has 0 saturated carbocycles. The maximum absolute atomic E-state index is 11.9. The van der Waals surface area contributed by atoms with E-state index in [1.54, 1.807) is 12.1 Å². The van der Waals surface area contributed by atoms with Gasteiger partial charge in [0.05, 0.1) is 18.2 Å². The highest BCUT2D eigenvalue weighted by molar-refractivity contribution is 6.34. The van der Waals surface area contributed by atoms with Crippen molar-refractivity contribution in [3.8, 4) is 11.4 Å². The van der Waals surface area contributed by atoms with Crippen LogP contribution in [-0.2, 0) is 4.74 Å². The van der Waals surface area contributed by atoms with Gasteiger partial charge in [-0.05, 0) is 24.6 Å². The number of methoxy groups -OCH3 is 1. The molecule has 0 fully saturated rings. The van der Waals surface area contributed by atoms with E-state index < -0.39 is 5.97 Å².